The monoisotopic (exact) mass is 489 g/mol. The summed E-state index contributed by atoms with van der Waals surface area (Å²) in [5, 5.41) is 1.02. The van der Waals surface area contributed by atoms with Crippen molar-refractivity contribution in [3.05, 3.63) is 65.1 Å². The Labute approximate surface area is 210 Å². The Morgan fingerprint density at radius 3 is 2.58 bits per heavy atom. The van der Waals surface area contributed by atoms with Gasteiger partial charge in [-0.15, -0.1) is 0 Å². The van der Waals surface area contributed by atoms with Crippen LogP contribution in [0.1, 0.15) is 60.6 Å². The molecule has 1 unspecified atom stereocenters. The van der Waals surface area contributed by atoms with Gasteiger partial charge in [0.05, 0.1) is 7.11 Å². The van der Waals surface area contributed by atoms with Crippen molar-refractivity contribution < 1.29 is 18.7 Å². The number of nitrogens with one attached hydrogen (secondary N) is 1. The molecule has 2 aromatic carbocycles. The first kappa shape index (κ1) is 23.1. The van der Waals surface area contributed by atoms with E-state index in [-0.39, 0.29) is 41.6 Å². The number of halogens is 1. The second-order valence-electron chi connectivity index (χ2n) is 10.6. The van der Waals surface area contributed by atoms with Gasteiger partial charge in [-0.2, -0.15) is 0 Å². The van der Waals surface area contributed by atoms with Gasteiger partial charge in [0, 0.05) is 59.5 Å². The largest absolute Gasteiger partial charge is 0.497 e. The van der Waals surface area contributed by atoms with Gasteiger partial charge in [-0.25, -0.2) is 4.39 Å². The van der Waals surface area contributed by atoms with Gasteiger partial charge in [0.15, 0.2) is 0 Å². The van der Waals surface area contributed by atoms with Crippen LogP contribution in [-0.4, -0.2) is 52.8 Å². The number of hydrogen-bond acceptors (Lipinski definition) is 3. The van der Waals surface area contributed by atoms with E-state index in [0.29, 0.717) is 24.3 Å². The third-order valence-corrected chi connectivity index (χ3v) is 8.97. The lowest BCUT2D eigenvalue weighted by molar-refractivity contribution is -0.140. The maximum Gasteiger partial charge on any atom is 0.271 e. The number of aromatic amines is 1. The summed E-state index contributed by atoms with van der Waals surface area (Å²) in [6.07, 6.45) is 4.66. The van der Waals surface area contributed by atoms with Crippen LogP contribution in [-0.2, 0) is 16.8 Å². The maximum atomic E-state index is 14.6. The molecular weight excluding hydrogens is 457 g/mol. The van der Waals surface area contributed by atoms with Crippen LogP contribution >= 0.6 is 0 Å². The van der Waals surface area contributed by atoms with Gasteiger partial charge >= 0.3 is 0 Å². The second kappa shape index (κ2) is 8.64. The van der Waals surface area contributed by atoms with Crippen LogP contribution in [0.3, 0.4) is 0 Å². The van der Waals surface area contributed by atoms with E-state index in [2.05, 4.69) is 11.9 Å². The van der Waals surface area contributed by atoms with E-state index in [9.17, 15) is 14.0 Å². The van der Waals surface area contributed by atoms with E-state index >= 15 is 0 Å². The molecule has 1 atom stereocenters. The molecule has 1 N–H and O–H groups in total. The summed E-state index contributed by atoms with van der Waals surface area (Å²) < 4.78 is 20.1. The number of methoxy groups -OCH3 is 1. The van der Waals surface area contributed by atoms with E-state index in [0.717, 1.165) is 54.3 Å². The molecule has 3 aromatic rings. The van der Waals surface area contributed by atoms with E-state index in [4.69, 9.17) is 4.74 Å². The molecule has 6 nitrogen and oxygen atoms in total. The third-order valence-electron chi connectivity index (χ3n) is 8.97. The summed E-state index contributed by atoms with van der Waals surface area (Å²) >= 11 is 0. The molecule has 1 aliphatic carbocycles. The van der Waals surface area contributed by atoms with Crippen LogP contribution in [0.25, 0.3) is 10.9 Å². The van der Waals surface area contributed by atoms with Crippen LogP contribution < -0.4 is 4.74 Å². The van der Waals surface area contributed by atoms with Crippen LogP contribution in [0.2, 0.25) is 0 Å². The van der Waals surface area contributed by atoms with E-state index in [1.807, 2.05) is 28.0 Å². The van der Waals surface area contributed by atoms with Crippen LogP contribution in [0.15, 0.2) is 42.5 Å². The number of hydrogen-bond donors (Lipinski definition) is 1. The number of amides is 2. The third kappa shape index (κ3) is 3.43. The Bertz CT molecular complexity index is 1340. The highest BCUT2D eigenvalue weighted by Gasteiger charge is 2.52. The first-order chi connectivity index (χ1) is 17.4. The highest BCUT2D eigenvalue weighted by molar-refractivity contribution is 6.04. The zero-order chi connectivity index (χ0) is 25.0. The first-order valence-electron chi connectivity index (χ1n) is 13.0. The Hall–Kier alpha value is -3.35. The van der Waals surface area contributed by atoms with Gasteiger partial charge < -0.3 is 19.5 Å². The van der Waals surface area contributed by atoms with Gasteiger partial charge in [-0.05, 0) is 56.4 Å². The van der Waals surface area contributed by atoms with Crippen molar-refractivity contribution in [2.45, 2.75) is 57.0 Å². The van der Waals surface area contributed by atoms with Gasteiger partial charge in [0.1, 0.15) is 17.3 Å². The minimum Gasteiger partial charge on any atom is -0.497 e. The summed E-state index contributed by atoms with van der Waals surface area (Å²) in [6.45, 7) is 3.64. The number of nitrogens with zero attached hydrogens (tertiary/aromatic N) is 2. The molecule has 1 saturated heterocycles. The Kier molecular flexibility index (Phi) is 5.54. The van der Waals surface area contributed by atoms with E-state index in [1.165, 1.54) is 6.07 Å². The summed E-state index contributed by atoms with van der Waals surface area (Å²) in [5.41, 5.74) is 2.65. The molecule has 1 spiro atoms. The zero-order valence-electron chi connectivity index (χ0n) is 20.9. The fourth-order valence-corrected chi connectivity index (χ4v) is 6.53. The lowest BCUT2D eigenvalue weighted by atomic mass is 9.64. The maximum absolute atomic E-state index is 14.6. The van der Waals surface area contributed by atoms with Crippen molar-refractivity contribution in [2.24, 2.45) is 5.92 Å². The lowest BCUT2D eigenvalue weighted by Crippen LogP contribution is -2.60. The molecule has 1 saturated carbocycles. The Balaban J connectivity index is 1.43. The number of rotatable bonds is 4. The summed E-state index contributed by atoms with van der Waals surface area (Å²) in [6, 6.07) is 12.4. The zero-order valence-corrected chi connectivity index (χ0v) is 20.9. The van der Waals surface area contributed by atoms with Crippen LogP contribution in [0.5, 0.6) is 5.75 Å². The Morgan fingerprint density at radius 1 is 1.17 bits per heavy atom. The number of aromatic nitrogens is 1. The molecule has 0 radical (unpaired) electrons. The predicted octanol–water partition coefficient (Wildman–Crippen LogP) is 5.02. The number of likely N-dealkylation sites (tertiary alicyclic amines) is 1. The quantitative estimate of drug-likeness (QED) is 0.560. The van der Waals surface area contributed by atoms with Crippen molar-refractivity contribution in [1.82, 2.24) is 14.8 Å². The highest BCUT2D eigenvalue weighted by atomic mass is 19.1. The number of piperidine rings is 1. The fraction of sp³-hybridized carbons (Fsp3) is 0.448. The van der Waals surface area contributed by atoms with E-state index in [1.54, 1.807) is 25.3 Å². The predicted molar refractivity (Wildman–Crippen MR) is 135 cm³/mol. The number of carbonyl (C=O) groups is 2. The Morgan fingerprint density at radius 2 is 1.92 bits per heavy atom. The number of ether oxygens (including phenoxy) is 1. The molecule has 7 heteroatoms. The molecule has 2 fully saturated rings. The molecule has 2 amide bonds. The summed E-state index contributed by atoms with van der Waals surface area (Å²) in [4.78, 5) is 34.1. The number of benzene rings is 2. The minimum atomic E-state index is -0.336. The van der Waals surface area contributed by atoms with Gasteiger partial charge in [0.2, 0.25) is 5.91 Å². The summed E-state index contributed by atoms with van der Waals surface area (Å²) in [5.74, 6) is 0.759. The summed E-state index contributed by atoms with van der Waals surface area (Å²) in [7, 11) is 1.63. The van der Waals surface area contributed by atoms with Crippen molar-refractivity contribution in [3.63, 3.8) is 0 Å². The molecular formula is C29H32FN3O3. The van der Waals surface area contributed by atoms with Crippen molar-refractivity contribution in [2.75, 3.05) is 20.2 Å². The minimum absolute atomic E-state index is 0.116. The van der Waals surface area contributed by atoms with E-state index < -0.39 is 0 Å². The number of H-pyrrole nitrogens is 1. The van der Waals surface area contributed by atoms with Crippen molar-refractivity contribution >= 4 is 22.7 Å². The normalized spacial score (nSPS) is 21.5. The fourth-order valence-electron chi connectivity index (χ4n) is 6.53. The van der Waals surface area contributed by atoms with Crippen LogP contribution in [0, 0.1) is 11.7 Å². The molecule has 36 heavy (non-hydrogen) atoms. The molecule has 0 bridgehead atoms. The van der Waals surface area contributed by atoms with Crippen LogP contribution in [0.4, 0.5) is 4.39 Å². The molecule has 1 aromatic heterocycles. The average Bonchev–Trinajstić information content (AvgIpc) is 3.25. The average molecular weight is 490 g/mol. The van der Waals surface area contributed by atoms with Gasteiger partial charge in [-0.1, -0.05) is 24.6 Å². The topological polar surface area (TPSA) is 65.6 Å². The highest BCUT2D eigenvalue weighted by Crippen LogP contribution is 2.49. The van der Waals surface area contributed by atoms with Gasteiger partial charge in [0.25, 0.3) is 5.91 Å². The molecule has 188 valence electrons. The van der Waals surface area contributed by atoms with Crippen molar-refractivity contribution in [1.29, 1.82) is 0 Å². The number of carbonyl (C=O) groups excluding carboxylic acids is 2. The molecule has 6 rings (SSSR count). The number of fused-ring (bicyclic) bond motifs is 4. The smallest absolute Gasteiger partial charge is 0.271 e. The lowest BCUT2D eigenvalue weighted by Gasteiger charge is -2.52. The van der Waals surface area contributed by atoms with Crippen molar-refractivity contribution in [3.8, 4) is 5.75 Å². The molecule has 3 heterocycles. The molecule has 2 aliphatic heterocycles. The second-order valence-corrected chi connectivity index (χ2v) is 10.6. The van der Waals surface area contributed by atoms with Gasteiger partial charge in [-0.3, -0.25) is 9.59 Å². The SMILES string of the molecule is COc1ccc2c3c([nH]c2c1)C(=O)N(Cc1ccccc1F)C(C)C31CCN(C(=O)C2CCC2)CC1. The first-order valence-corrected chi connectivity index (χ1v) is 13.0. The standard InChI is InChI=1S/C29H32FN3O3/c1-18-29(12-14-32(15-13-29)27(34)19-7-5-8-19)25-22-11-10-21(36-2)16-24(22)31-26(25)28(35)33(18)17-20-6-3-4-9-23(20)30/h3-4,6,9-11,16,18-19,31H,5,7-8,12-15,17H2,1-2H3. The molecule has 3 aliphatic rings.